The summed E-state index contributed by atoms with van der Waals surface area (Å²) in [5, 5.41) is 0. The number of carbonyl (C=O) groups is 1. The van der Waals surface area contributed by atoms with Crippen molar-refractivity contribution in [3.8, 4) is 0 Å². The predicted molar refractivity (Wildman–Crippen MR) is 101 cm³/mol. The molecule has 0 aliphatic carbocycles. The van der Waals surface area contributed by atoms with Crippen molar-refractivity contribution in [1.29, 1.82) is 0 Å². The summed E-state index contributed by atoms with van der Waals surface area (Å²) in [6.07, 6.45) is 1.71. The number of nitrogens with zero attached hydrogens (tertiary/aromatic N) is 2. The van der Waals surface area contributed by atoms with Gasteiger partial charge in [-0.25, -0.2) is 0 Å². The van der Waals surface area contributed by atoms with Crippen molar-refractivity contribution in [3.05, 3.63) is 35.9 Å². The summed E-state index contributed by atoms with van der Waals surface area (Å²) >= 11 is 0. The van der Waals surface area contributed by atoms with Crippen molar-refractivity contribution in [2.24, 2.45) is 0 Å². The van der Waals surface area contributed by atoms with Crippen molar-refractivity contribution in [2.45, 2.75) is 58.0 Å². The average Bonchev–Trinajstić information content (AvgIpc) is 2.66. The second-order valence-corrected chi connectivity index (χ2v) is 9.18. The van der Waals surface area contributed by atoms with Gasteiger partial charge in [0.2, 0.25) is 0 Å². The topological polar surface area (TPSA) is 76.2 Å². The molecule has 0 bridgehead atoms. The lowest BCUT2D eigenvalue weighted by atomic mass is 10.1. The molecule has 2 saturated heterocycles. The Hall–Kier alpha value is -1.48. The number of piperidine rings is 1. The van der Waals surface area contributed by atoms with Crippen molar-refractivity contribution >= 4 is 16.2 Å². The smallest absolute Gasteiger partial charge is 0.324 e. The van der Waals surface area contributed by atoms with E-state index < -0.39 is 22.2 Å². The first-order chi connectivity index (χ1) is 12.9. The molecule has 0 spiro atoms. The molecule has 3 atom stereocenters. The Bertz CT molecular complexity index is 730. The Morgan fingerprint density at radius 2 is 1.81 bits per heavy atom. The molecule has 8 heteroatoms. The Labute approximate surface area is 161 Å². The normalized spacial score (nSPS) is 28.0. The van der Waals surface area contributed by atoms with Crippen LogP contribution in [-0.4, -0.2) is 60.9 Å². The fourth-order valence-corrected chi connectivity index (χ4v) is 5.68. The van der Waals surface area contributed by atoms with Crippen molar-refractivity contribution in [1.82, 2.24) is 8.61 Å². The fourth-order valence-electron chi connectivity index (χ4n) is 3.71. The highest BCUT2D eigenvalue weighted by Gasteiger charge is 2.42. The average molecular weight is 397 g/mol. The first kappa shape index (κ1) is 20.3. The van der Waals surface area contributed by atoms with E-state index in [-0.39, 0.29) is 18.8 Å². The summed E-state index contributed by atoms with van der Waals surface area (Å²) in [5.41, 5.74) is 0.881. The first-order valence-corrected chi connectivity index (χ1v) is 10.9. The van der Waals surface area contributed by atoms with Gasteiger partial charge in [0, 0.05) is 19.6 Å². The van der Waals surface area contributed by atoms with Crippen LogP contribution < -0.4 is 0 Å². The molecule has 0 radical (unpaired) electrons. The Balaban J connectivity index is 1.71. The molecule has 2 unspecified atom stereocenters. The molecule has 2 aliphatic rings. The minimum absolute atomic E-state index is 0.148. The molecule has 2 aliphatic heterocycles. The molecule has 2 heterocycles. The van der Waals surface area contributed by atoms with Crippen LogP contribution in [0.4, 0.5) is 0 Å². The number of morpholine rings is 1. The Kier molecular flexibility index (Phi) is 6.52. The van der Waals surface area contributed by atoms with Gasteiger partial charge in [0.1, 0.15) is 12.6 Å². The number of carbonyl (C=O) groups excluding carboxylic acids is 1. The molecule has 150 valence electrons. The highest BCUT2D eigenvalue weighted by molar-refractivity contribution is 7.86. The zero-order chi connectivity index (χ0) is 19.4. The van der Waals surface area contributed by atoms with Gasteiger partial charge < -0.3 is 9.47 Å². The molecule has 0 saturated carbocycles. The molecule has 0 N–H and O–H groups in total. The van der Waals surface area contributed by atoms with Gasteiger partial charge in [0.15, 0.2) is 0 Å². The number of hydrogen-bond donors (Lipinski definition) is 0. The minimum Gasteiger partial charge on any atom is -0.460 e. The highest BCUT2D eigenvalue weighted by Crippen LogP contribution is 2.26. The van der Waals surface area contributed by atoms with Gasteiger partial charge >= 0.3 is 5.97 Å². The van der Waals surface area contributed by atoms with Crippen LogP contribution in [0.5, 0.6) is 0 Å². The maximum absolute atomic E-state index is 13.2. The van der Waals surface area contributed by atoms with Crippen molar-refractivity contribution in [2.75, 3.05) is 19.6 Å². The van der Waals surface area contributed by atoms with Gasteiger partial charge in [-0.3, -0.25) is 4.79 Å². The van der Waals surface area contributed by atoms with Gasteiger partial charge in [0.05, 0.1) is 12.2 Å². The van der Waals surface area contributed by atoms with Crippen LogP contribution in [-0.2, 0) is 31.1 Å². The number of rotatable bonds is 5. The van der Waals surface area contributed by atoms with E-state index in [2.05, 4.69) is 0 Å². The summed E-state index contributed by atoms with van der Waals surface area (Å²) in [6.45, 7) is 4.81. The van der Waals surface area contributed by atoms with E-state index in [0.29, 0.717) is 26.1 Å². The maximum atomic E-state index is 13.2. The van der Waals surface area contributed by atoms with Crippen LogP contribution in [0, 0.1) is 0 Å². The third-order valence-corrected chi connectivity index (χ3v) is 6.94. The molecule has 0 amide bonds. The highest BCUT2D eigenvalue weighted by atomic mass is 32.2. The van der Waals surface area contributed by atoms with Crippen molar-refractivity contribution < 1.29 is 22.7 Å². The van der Waals surface area contributed by atoms with Crippen LogP contribution in [0.3, 0.4) is 0 Å². The number of hydrogen-bond acceptors (Lipinski definition) is 5. The molecular formula is C19H28N2O5S. The van der Waals surface area contributed by atoms with E-state index in [9.17, 15) is 13.2 Å². The molecule has 1 aromatic carbocycles. The lowest BCUT2D eigenvalue weighted by Crippen LogP contribution is -2.57. The third-order valence-electron chi connectivity index (χ3n) is 4.96. The summed E-state index contributed by atoms with van der Waals surface area (Å²) < 4.78 is 40.3. The quantitative estimate of drug-likeness (QED) is 0.711. The van der Waals surface area contributed by atoms with Gasteiger partial charge in [0.25, 0.3) is 10.2 Å². The summed E-state index contributed by atoms with van der Waals surface area (Å²) in [7, 11) is -3.74. The fraction of sp³-hybridized carbons (Fsp3) is 0.632. The van der Waals surface area contributed by atoms with Gasteiger partial charge in [-0.15, -0.1) is 0 Å². The van der Waals surface area contributed by atoms with E-state index in [0.717, 1.165) is 18.4 Å². The zero-order valence-corrected chi connectivity index (χ0v) is 16.7. The van der Waals surface area contributed by atoms with E-state index in [1.807, 2.05) is 44.2 Å². The lowest BCUT2D eigenvalue weighted by Gasteiger charge is -2.40. The molecule has 27 heavy (non-hydrogen) atoms. The first-order valence-electron chi connectivity index (χ1n) is 9.51. The van der Waals surface area contributed by atoms with Crippen LogP contribution in [0.25, 0.3) is 0 Å². The lowest BCUT2D eigenvalue weighted by molar-refractivity contribution is -0.150. The predicted octanol–water partition coefficient (Wildman–Crippen LogP) is 1.94. The second-order valence-electron chi connectivity index (χ2n) is 7.30. The van der Waals surface area contributed by atoms with Gasteiger partial charge in [-0.2, -0.15) is 17.0 Å². The van der Waals surface area contributed by atoms with Gasteiger partial charge in [-0.05, 0) is 38.7 Å². The third kappa shape index (κ3) is 4.87. The summed E-state index contributed by atoms with van der Waals surface area (Å²) in [6, 6.07) is 8.63. The largest absolute Gasteiger partial charge is 0.460 e. The molecule has 2 fully saturated rings. The van der Waals surface area contributed by atoms with E-state index in [4.69, 9.17) is 9.47 Å². The monoisotopic (exact) mass is 396 g/mol. The summed E-state index contributed by atoms with van der Waals surface area (Å²) in [5.74, 6) is -0.475. The van der Waals surface area contributed by atoms with E-state index >= 15 is 0 Å². The summed E-state index contributed by atoms with van der Waals surface area (Å²) in [4.78, 5) is 12.7. The van der Waals surface area contributed by atoms with Crippen LogP contribution in [0.15, 0.2) is 30.3 Å². The second kappa shape index (κ2) is 8.68. The van der Waals surface area contributed by atoms with Crippen LogP contribution >= 0.6 is 0 Å². The van der Waals surface area contributed by atoms with Crippen LogP contribution in [0.2, 0.25) is 0 Å². The van der Waals surface area contributed by atoms with Crippen LogP contribution in [0.1, 0.15) is 38.7 Å². The molecule has 3 rings (SSSR count). The number of benzene rings is 1. The maximum Gasteiger partial charge on any atom is 0.324 e. The molecular weight excluding hydrogens is 368 g/mol. The van der Waals surface area contributed by atoms with E-state index in [1.165, 1.54) is 8.61 Å². The SMILES string of the molecule is CC1CN(S(=O)(=O)N2CCCC[C@H]2C(=O)OCc2ccccc2)CC(C)O1. The zero-order valence-electron chi connectivity index (χ0n) is 15.9. The Morgan fingerprint density at radius 1 is 1.15 bits per heavy atom. The van der Waals surface area contributed by atoms with Crippen molar-refractivity contribution in [3.63, 3.8) is 0 Å². The standard InChI is InChI=1S/C19H28N2O5S/c1-15-12-20(13-16(2)26-15)27(23,24)21-11-7-6-10-18(21)19(22)25-14-17-8-4-3-5-9-17/h3-5,8-9,15-16,18H,6-7,10-14H2,1-2H3/t15?,16?,18-/m0/s1. The number of ether oxygens (including phenoxy) is 2. The van der Waals surface area contributed by atoms with Gasteiger partial charge in [-0.1, -0.05) is 30.3 Å². The minimum atomic E-state index is -3.74. The van der Waals surface area contributed by atoms with E-state index in [1.54, 1.807) is 0 Å². The number of esters is 1. The molecule has 0 aromatic heterocycles. The Morgan fingerprint density at radius 3 is 2.48 bits per heavy atom. The molecule has 7 nitrogen and oxygen atoms in total. The molecule has 1 aromatic rings.